The monoisotopic (exact) mass is 516 g/mol. The summed E-state index contributed by atoms with van der Waals surface area (Å²) in [5.74, 6) is 1.42. The summed E-state index contributed by atoms with van der Waals surface area (Å²) >= 11 is 0. The molecule has 0 atom stereocenters. The Morgan fingerprint density at radius 3 is 2.69 bits per heavy atom. The molecule has 29 heavy (non-hydrogen) atoms. The number of amides is 1. The predicted octanol–water partition coefficient (Wildman–Crippen LogP) is 0.410. The molecular weight excluding hydrogens is 489 g/mol. The Balaban J connectivity index is 0.00000210. The van der Waals surface area contributed by atoms with Gasteiger partial charge in [-0.1, -0.05) is 19.0 Å². The van der Waals surface area contributed by atoms with Gasteiger partial charge in [-0.15, -0.1) is 0 Å². The van der Waals surface area contributed by atoms with Crippen LogP contribution >= 0.6 is 0 Å². The maximum atomic E-state index is 12.4. The average molecular weight is 516 g/mol. The summed E-state index contributed by atoms with van der Waals surface area (Å²) in [4.78, 5) is 16.7. The van der Waals surface area contributed by atoms with Gasteiger partial charge < -0.3 is 22.6 Å². The van der Waals surface area contributed by atoms with Crippen LogP contribution < -0.4 is 79.5 Å². The quantitative estimate of drug-likeness (QED) is 0.442. The molecule has 0 fully saturated rings. The minimum Gasteiger partial charge on any atom is -0.370 e. The van der Waals surface area contributed by atoms with Gasteiger partial charge in [0, 0.05) is 31.4 Å². The molecule has 0 aromatic carbocycles. The third-order valence-electron chi connectivity index (χ3n) is 4.12. The summed E-state index contributed by atoms with van der Waals surface area (Å²) in [6.07, 6.45) is 1.72. The number of aryl methyl sites for hydroxylation is 1. The second-order valence-electron chi connectivity index (χ2n) is 6.55. The van der Waals surface area contributed by atoms with E-state index in [2.05, 4.69) is 25.9 Å². The van der Waals surface area contributed by atoms with E-state index in [9.17, 15) is 4.79 Å². The Bertz CT molecular complexity index is 935. The van der Waals surface area contributed by atoms with Crippen LogP contribution in [0.1, 0.15) is 48.6 Å². The molecule has 3 rings (SSSR count). The molecule has 3 aromatic rings. The minimum atomic E-state index is -0.201. The minimum absolute atomic E-state index is 0. The molecule has 0 saturated carbocycles. The van der Waals surface area contributed by atoms with Gasteiger partial charge >= 0.3 is 68.9 Å². The molecule has 150 valence electrons. The van der Waals surface area contributed by atoms with E-state index in [1.54, 1.807) is 17.9 Å². The van der Waals surface area contributed by atoms with E-state index in [4.69, 9.17) is 4.52 Å². The average Bonchev–Trinajstić information content (AvgIpc) is 3.27. The predicted molar refractivity (Wildman–Crippen MR) is 109 cm³/mol. The molecule has 2 N–H and O–H groups in total. The summed E-state index contributed by atoms with van der Waals surface area (Å²) in [5, 5.41) is 14.5. The van der Waals surface area contributed by atoms with Gasteiger partial charge in [-0.05, 0) is 31.0 Å². The van der Waals surface area contributed by atoms with Crippen LogP contribution in [-0.4, -0.2) is 32.4 Å². The van der Waals surface area contributed by atoms with E-state index in [0.29, 0.717) is 17.1 Å². The normalized spacial score (nSPS) is 10.2. The Labute approximate surface area is 230 Å². The fourth-order valence-corrected chi connectivity index (χ4v) is 2.64. The zero-order valence-electron chi connectivity index (χ0n) is 18.0. The first-order chi connectivity index (χ1) is 13.0. The van der Waals surface area contributed by atoms with Crippen LogP contribution in [0, 0.1) is 7.43 Å². The molecule has 0 aliphatic carbocycles. The second-order valence-corrected chi connectivity index (χ2v) is 6.55. The number of rotatable bonds is 7. The van der Waals surface area contributed by atoms with Crippen LogP contribution in [0.25, 0.3) is 11.3 Å². The van der Waals surface area contributed by atoms with Gasteiger partial charge in [0.25, 0.3) is 5.91 Å². The van der Waals surface area contributed by atoms with Gasteiger partial charge in [-0.3, -0.25) is 9.48 Å². The summed E-state index contributed by atoms with van der Waals surface area (Å²) in [6, 6.07) is 7.40. The van der Waals surface area contributed by atoms with Crippen LogP contribution in [0.5, 0.6) is 0 Å². The van der Waals surface area contributed by atoms with Gasteiger partial charge in [-0.25, -0.2) is 4.98 Å². The molecule has 3 aromatic heterocycles. The van der Waals surface area contributed by atoms with E-state index >= 15 is 0 Å². The van der Waals surface area contributed by atoms with Crippen LogP contribution in [0.15, 0.2) is 35.0 Å². The van der Waals surface area contributed by atoms with Gasteiger partial charge in [0.2, 0.25) is 0 Å². The Morgan fingerprint density at radius 2 is 2.03 bits per heavy atom. The summed E-state index contributed by atoms with van der Waals surface area (Å²) in [5.41, 5.74) is 3.00. The van der Waals surface area contributed by atoms with Crippen molar-refractivity contribution in [2.24, 2.45) is 7.05 Å². The van der Waals surface area contributed by atoms with E-state index in [0.717, 1.165) is 23.6 Å². The van der Waals surface area contributed by atoms with E-state index in [1.807, 2.05) is 45.0 Å². The summed E-state index contributed by atoms with van der Waals surface area (Å²) in [6.45, 7) is 7.14. The van der Waals surface area contributed by atoms with Gasteiger partial charge in [-0.2, -0.15) is 5.10 Å². The number of aromatic nitrogens is 4. The molecule has 9 heteroatoms. The fourth-order valence-electron chi connectivity index (χ4n) is 2.64. The van der Waals surface area contributed by atoms with Gasteiger partial charge in [0.1, 0.15) is 17.2 Å². The molecule has 0 aliphatic heterocycles. The first-order valence-corrected chi connectivity index (χ1v) is 8.96. The Morgan fingerprint density at radius 1 is 1.28 bits per heavy atom. The van der Waals surface area contributed by atoms with Crippen LogP contribution in [0.2, 0.25) is 0 Å². The number of pyridine rings is 1. The zero-order valence-corrected chi connectivity index (χ0v) is 24.3. The first-order valence-electron chi connectivity index (χ1n) is 8.96. The number of carbonyl (C=O) groups is 1. The maximum Gasteiger partial charge on any atom is 1.00 e. The topological polar surface area (TPSA) is 97.9 Å². The van der Waals surface area contributed by atoms with Crippen molar-refractivity contribution in [3.8, 4) is 11.3 Å². The number of carbonyl (C=O) groups excluding carboxylic acids is 1. The SMILES string of the molecule is CCNc1cc(-c2cc(CNC(=O)c3cc(C(C)C)nn3C)on2)ccn1.[CH3-].[Cs+]. The standard InChI is InChI=1S/C19H24N6O2.CH3.Cs/c1-5-20-18-8-13(6-7-21-18)16-9-14(27-24-16)11-22-19(26)17-10-15(12(2)3)23-25(17)4;;/h6-10,12H,5,11H2,1-4H3,(H,20,21)(H,22,26);1H3;/q;-1;+1. The smallest absolute Gasteiger partial charge is 0.370 e. The molecule has 1 amide bonds. The largest absolute Gasteiger partial charge is 1.00 e. The van der Waals surface area contributed by atoms with E-state index in [1.165, 1.54) is 0 Å². The van der Waals surface area contributed by atoms with Crippen LogP contribution in [-0.2, 0) is 13.6 Å². The van der Waals surface area contributed by atoms with Crippen molar-refractivity contribution in [3.63, 3.8) is 0 Å². The molecule has 0 aliphatic rings. The number of nitrogens with one attached hydrogen (secondary N) is 2. The molecule has 0 spiro atoms. The van der Waals surface area contributed by atoms with E-state index in [-0.39, 0.29) is 94.7 Å². The van der Waals surface area contributed by atoms with Crippen molar-refractivity contribution in [1.82, 2.24) is 25.2 Å². The maximum absolute atomic E-state index is 12.4. The summed E-state index contributed by atoms with van der Waals surface area (Å²) < 4.78 is 6.94. The van der Waals surface area contributed by atoms with Crippen LogP contribution in [0.4, 0.5) is 5.82 Å². The van der Waals surface area contributed by atoms with Crippen LogP contribution in [0.3, 0.4) is 0 Å². The van der Waals surface area contributed by atoms with Gasteiger partial charge in [0.05, 0.1) is 12.2 Å². The Kier molecular flexibility index (Phi) is 10.7. The van der Waals surface area contributed by atoms with Crippen molar-refractivity contribution in [3.05, 3.63) is 55.0 Å². The zero-order chi connectivity index (χ0) is 19.4. The molecular formula is C20H27CsN6O2. The van der Waals surface area contributed by atoms with E-state index < -0.39 is 0 Å². The Hall–Kier alpha value is -1.11. The molecule has 0 bridgehead atoms. The molecule has 8 nitrogen and oxygen atoms in total. The number of nitrogens with zero attached hydrogens (tertiary/aromatic N) is 4. The first kappa shape index (κ1) is 25.9. The molecule has 0 unspecified atom stereocenters. The number of hydrogen-bond acceptors (Lipinski definition) is 6. The molecule has 3 heterocycles. The molecule has 0 radical (unpaired) electrons. The molecule has 0 saturated heterocycles. The fraction of sp³-hybridized carbons (Fsp3) is 0.350. The second kappa shape index (κ2) is 11.9. The van der Waals surface area contributed by atoms with Crippen molar-refractivity contribution in [2.45, 2.75) is 33.2 Å². The van der Waals surface area contributed by atoms with Crippen molar-refractivity contribution < 1.29 is 78.2 Å². The third kappa shape index (κ3) is 6.69. The van der Waals surface area contributed by atoms with Crippen molar-refractivity contribution in [2.75, 3.05) is 11.9 Å². The van der Waals surface area contributed by atoms with Gasteiger partial charge in [0.15, 0.2) is 5.76 Å². The van der Waals surface area contributed by atoms with Crippen molar-refractivity contribution >= 4 is 11.7 Å². The summed E-state index contributed by atoms with van der Waals surface area (Å²) in [7, 11) is 1.76. The van der Waals surface area contributed by atoms with Crippen molar-refractivity contribution in [1.29, 1.82) is 0 Å². The third-order valence-corrected chi connectivity index (χ3v) is 4.12. The number of hydrogen-bond donors (Lipinski definition) is 2. The number of anilines is 1.